The van der Waals surface area contributed by atoms with Crippen molar-refractivity contribution in [3.05, 3.63) is 75.7 Å². The van der Waals surface area contributed by atoms with Crippen molar-refractivity contribution < 1.29 is 4.42 Å². The molecule has 0 bridgehead atoms. The van der Waals surface area contributed by atoms with Crippen molar-refractivity contribution in [3.8, 4) is 0 Å². The van der Waals surface area contributed by atoms with E-state index in [1.807, 2.05) is 35.9 Å². The van der Waals surface area contributed by atoms with E-state index in [0.717, 1.165) is 59.3 Å². The molecule has 1 fully saturated rings. The van der Waals surface area contributed by atoms with E-state index in [0.29, 0.717) is 19.1 Å². The first-order valence-electron chi connectivity index (χ1n) is 12.3. The third-order valence-corrected chi connectivity index (χ3v) is 6.93. The summed E-state index contributed by atoms with van der Waals surface area (Å²) >= 11 is 0. The van der Waals surface area contributed by atoms with E-state index in [9.17, 15) is 4.79 Å². The van der Waals surface area contributed by atoms with Crippen molar-refractivity contribution in [2.45, 2.75) is 77.5 Å². The molecule has 3 aromatic heterocycles. The van der Waals surface area contributed by atoms with Crippen LogP contribution >= 0.6 is 0 Å². The smallest absolute Gasteiger partial charge is 0.252 e. The second-order valence-electron chi connectivity index (χ2n) is 9.40. The number of aryl methyl sites for hydroxylation is 1. The van der Waals surface area contributed by atoms with Crippen LogP contribution in [-0.2, 0) is 13.1 Å². The zero-order valence-corrected chi connectivity index (χ0v) is 19.9. The van der Waals surface area contributed by atoms with Crippen LogP contribution in [0.1, 0.15) is 74.2 Å². The average molecular weight is 461 g/mol. The summed E-state index contributed by atoms with van der Waals surface area (Å²) in [6, 6.07) is 12.5. The van der Waals surface area contributed by atoms with Crippen LogP contribution in [0.2, 0.25) is 0 Å². The van der Waals surface area contributed by atoms with Crippen LogP contribution in [-0.4, -0.2) is 36.1 Å². The minimum atomic E-state index is -0.0217. The summed E-state index contributed by atoms with van der Waals surface area (Å²) in [4.78, 5) is 18.7. The molecule has 178 valence electrons. The van der Waals surface area contributed by atoms with Gasteiger partial charge in [0, 0.05) is 23.7 Å². The second kappa shape index (κ2) is 9.93. The number of pyridine rings is 1. The number of benzene rings is 1. The van der Waals surface area contributed by atoms with Gasteiger partial charge in [0.25, 0.3) is 5.56 Å². The molecule has 1 saturated carbocycles. The number of hydrogen-bond donors (Lipinski definition) is 1. The lowest BCUT2D eigenvalue weighted by Gasteiger charge is -2.35. The first-order chi connectivity index (χ1) is 16.6. The van der Waals surface area contributed by atoms with Crippen LogP contribution in [0, 0.1) is 6.92 Å². The molecule has 8 heteroatoms. The Kier molecular flexibility index (Phi) is 6.58. The number of H-pyrrole nitrogens is 1. The van der Waals surface area contributed by atoms with Crippen molar-refractivity contribution in [1.82, 2.24) is 30.1 Å². The van der Waals surface area contributed by atoms with E-state index in [4.69, 9.17) is 4.42 Å². The average Bonchev–Trinajstić information content (AvgIpc) is 3.60. The van der Waals surface area contributed by atoms with Gasteiger partial charge in [-0.05, 0) is 71.8 Å². The van der Waals surface area contributed by atoms with Gasteiger partial charge in [0.15, 0.2) is 5.82 Å². The molecular formula is C26H32N6O2. The van der Waals surface area contributed by atoms with Crippen LogP contribution in [0.25, 0.3) is 10.9 Å². The number of tetrazole rings is 1. The summed E-state index contributed by atoms with van der Waals surface area (Å²) in [6.07, 6.45) is 8.26. The summed E-state index contributed by atoms with van der Waals surface area (Å²) < 4.78 is 7.39. The second-order valence-corrected chi connectivity index (χ2v) is 9.40. The van der Waals surface area contributed by atoms with E-state index in [1.165, 1.54) is 12.8 Å². The molecule has 1 aliphatic rings. The first kappa shape index (κ1) is 22.5. The highest BCUT2D eigenvalue weighted by atomic mass is 16.3. The number of nitrogens with zero attached hydrogens (tertiary/aromatic N) is 5. The SMILES string of the molecule is CCC[C@H](c1nnnn1Cc1ccco1)N(Cc1cc2ccc(C)cc2[nH]c1=O)C1CCCC1. The Bertz CT molecular complexity index is 1290. The highest BCUT2D eigenvalue weighted by Crippen LogP contribution is 2.34. The van der Waals surface area contributed by atoms with Crippen molar-refractivity contribution in [2.75, 3.05) is 0 Å². The van der Waals surface area contributed by atoms with Gasteiger partial charge in [-0.2, -0.15) is 0 Å². The predicted octanol–water partition coefficient (Wildman–Crippen LogP) is 4.75. The molecule has 0 aliphatic heterocycles. The zero-order valence-electron chi connectivity index (χ0n) is 19.9. The predicted molar refractivity (Wildman–Crippen MR) is 130 cm³/mol. The van der Waals surface area contributed by atoms with Crippen LogP contribution in [0.3, 0.4) is 0 Å². The van der Waals surface area contributed by atoms with Crippen molar-refractivity contribution >= 4 is 10.9 Å². The fraction of sp³-hybridized carbons (Fsp3) is 0.462. The zero-order chi connectivity index (χ0) is 23.5. The lowest BCUT2D eigenvalue weighted by atomic mass is 10.0. The number of furan rings is 1. The Labute approximate surface area is 199 Å². The molecule has 1 aliphatic carbocycles. The molecule has 5 rings (SSSR count). The number of rotatable bonds is 9. The molecule has 0 unspecified atom stereocenters. The van der Waals surface area contributed by atoms with Gasteiger partial charge in [-0.1, -0.05) is 38.3 Å². The van der Waals surface area contributed by atoms with E-state index >= 15 is 0 Å². The molecule has 0 radical (unpaired) electrons. The molecule has 4 aromatic rings. The maximum atomic E-state index is 13.1. The van der Waals surface area contributed by atoms with Crippen LogP contribution in [0.5, 0.6) is 0 Å². The van der Waals surface area contributed by atoms with Crippen molar-refractivity contribution in [3.63, 3.8) is 0 Å². The first-order valence-corrected chi connectivity index (χ1v) is 12.3. The minimum Gasteiger partial charge on any atom is -0.467 e. The van der Waals surface area contributed by atoms with Crippen molar-refractivity contribution in [1.29, 1.82) is 0 Å². The van der Waals surface area contributed by atoms with Crippen LogP contribution in [0.4, 0.5) is 0 Å². The fourth-order valence-corrected chi connectivity index (χ4v) is 5.23. The Hall–Kier alpha value is -3.26. The third kappa shape index (κ3) is 4.68. The van der Waals surface area contributed by atoms with E-state index in [2.05, 4.69) is 44.5 Å². The molecule has 8 nitrogen and oxygen atoms in total. The quantitative estimate of drug-likeness (QED) is 0.387. The van der Waals surface area contributed by atoms with Gasteiger partial charge >= 0.3 is 0 Å². The number of nitrogens with one attached hydrogen (secondary N) is 1. The normalized spacial score (nSPS) is 15.5. The summed E-state index contributed by atoms with van der Waals surface area (Å²) in [5, 5.41) is 13.8. The number of aromatic amines is 1. The molecule has 0 amide bonds. The van der Waals surface area contributed by atoms with Crippen molar-refractivity contribution in [2.24, 2.45) is 0 Å². The molecule has 0 spiro atoms. The lowest BCUT2D eigenvalue weighted by molar-refractivity contribution is 0.108. The van der Waals surface area contributed by atoms with Gasteiger partial charge in [-0.3, -0.25) is 9.69 Å². The molecule has 1 N–H and O–H groups in total. The lowest BCUT2D eigenvalue weighted by Crippen LogP contribution is -2.39. The molecular weight excluding hydrogens is 428 g/mol. The molecule has 0 saturated heterocycles. The summed E-state index contributed by atoms with van der Waals surface area (Å²) in [5.74, 6) is 1.65. The molecule has 3 heterocycles. The monoisotopic (exact) mass is 460 g/mol. The standard InChI is InChI=1S/C26H32N6O2/c1-3-7-24(25-28-29-30-32(25)17-22-10-6-13-34-22)31(21-8-4-5-9-21)16-20-15-19-12-11-18(2)14-23(19)27-26(20)33/h6,10-15,21,24H,3-5,7-9,16-17H2,1-2H3,(H,27,33)/t24-/m1/s1. The minimum absolute atomic E-state index is 0.0196. The van der Waals surface area contributed by atoms with E-state index < -0.39 is 0 Å². The van der Waals surface area contributed by atoms with Gasteiger partial charge in [-0.25, -0.2) is 4.68 Å². The number of aromatic nitrogens is 5. The summed E-state index contributed by atoms with van der Waals surface area (Å²) in [6.45, 7) is 5.29. The van der Waals surface area contributed by atoms with E-state index in [1.54, 1.807) is 6.26 Å². The van der Waals surface area contributed by atoms with Gasteiger partial charge in [0.1, 0.15) is 12.3 Å². The summed E-state index contributed by atoms with van der Waals surface area (Å²) in [7, 11) is 0. The Morgan fingerprint density at radius 3 is 2.85 bits per heavy atom. The Morgan fingerprint density at radius 2 is 2.09 bits per heavy atom. The van der Waals surface area contributed by atoms with Gasteiger partial charge in [0.05, 0.1) is 12.3 Å². The van der Waals surface area contributed by atoms with Gasteiger partial charge in [-0.15, -0.1) is 5.10 Å². The molecule has 34 heavy (non-hydrogen) atoms. The highest BCUT2D eigenvalue weighted by molar-refractivity contribution is 5.79. The maximum absolute atomic E-state index is 13.1. The molecule has 1 aromatic carbocycles. The van der Waals surface area contributed by atoms with Crippen LogP contribution in [0.15, 0.2) is 51.9 Å². The maximum Gasteiger partial charge on any atom is 0.252 e. The van der Waals surface area contributed by atoms with Crippen LogP contribution < -0.4 is 5.56 Å². The summed E-state index contributed by atoms with van der Waals surface area (Å²) in [5.41, 5.74) is 2.78. The highest BCUT2D eigenvalue weighted by Gasteiger charge is 2.33. The largest absolute Gasteiger partial charge is 0.467 e. The topological polar surface area (TPSA) is 92.8 Å². The Balaban J connectivity index is 1.51. The number of fused-ring (bicyclic) bond motifs is 1. The fourth-order valence-electron chi connectivity index (χ4n) is 5.23. The van der Waals surface area contributed by atoms with E-state index in [-0.39, 0.29) is 11.6 Å². The molecule has 1 atom stereocenters. The number of hydrogen-bond acceptors (Lipinski definition) is 6. The Morgan fingerprint density at radius 1 is 1.24 bits per heavy atom. The third-order valence-electron chi connectivity index (χ3n) is 6.93. The van der Waals surface area contributed by atoms with Gasteiger partial charge < -0.3 is 9.40 Å². The van der Waals surface area contributed by atoms with Gasteiger partial charge in [0.2, 0.25) is 0 Å².